The first-order valence-electron chi connectivity index (χ1n) is 2.77. The number of hydrogen-bond acceptors (Lipinski definition) is 3. The fourth-order valence-electron chi connectivity index (χ4n) is 0.783. The molecule has 0 aliphatic carbocycles. The maximum absolute atomic E-state index is 10.7. The van der Waals surface area contributed by atoms with Crippen molar-refractivity contribution in [1.29, 1.82) is 0 Å². The molecule has 10 heavy (non-hydrogen) atoms. The quantitative estimate of drug-likeness (QED) is 0.395. The molecule has 5 nitrogen and oxygen atoms in total. The van der Waals surface area contributed by atoms with Crippen molar-refractivity contribution in [3.8, 4) is 0 Å². The Kier molecular flexibility index (Phi) is 0.858. The molecule has 2 heterocycles. The van der Waals surface area contributed by atoms with Crippen molar-refractivity contribution in [2.45, 2.75) is 0 Å². The van der Waals surface area contributed by atoms with Crippen LogP contribution >= 0.6 is 0 Å². The van der Waals surface area contributed by atoms with Gasteiger partial charge in [0.25, 0.3) is 0 Å². The number of nitrogens with zero attached hydrogens (tertiary/aromatic N) is 3. The van der Waals surface area contributed by atoms with Crippen LogP contribution in [0.3, 0.4) is 0 Å². The highest BCUT2D eigenvalue weighted by molar-refractivity contribution is 5.64. The molecule has 0 bridgehead atoms. The lowest BCUT2D eigenvalue weighted by molar-refractivity contribution is -0.645. The molecule has 0 aliphatic rings. The summed E-state index contributed by atoms with van der Waals surface area (Å²) in [5.74, 6) is 0. The van der Waals surface area contributed by atoms with E-state index in [1.807, 2.05) is 0 Å². The van der Waals surface area contributed by atoms with E-state index in [2.05, 4.69) is 15.3 Å². The molecule has 2 rings (SSSR count). The Morgan fingerprint density at radius 2 is 2.50 bits per heavy atom. The first kappa shape index (κ1) is 5.16. The van der Waals surface area contributed by atoms with E-state index in [0.29, 0.717) is 16.0 Å². The molecule has 0 saturated carbocycles. The molecule has 0 amide bonds. The van der Waals surface area contributed by atoms with Gasteiger partial charge in [-0.15, -0.1) is 9.83 Å². The van der Waals surface area contributed by atoms with Gasteiger partial charge in [0.2, 0.25) is 0 Å². The summed E-state index contributed by atoms with van der Waals surface area (Å²) in [5.41, 5.74) is 0.972. The van der Waals surface area contributed by atoms with Crippen molar-refractivity contribution in [2.75, 3.05) is 0 Å². The lowest BCUT2D eigenvalue weighted by Crippen LogP contribution is -2.28. The molecule has 2 aromatic heterocycles. The number of H-pyrrole nitrogens is 1. The molecular weight excluding hydrogens is 132 g/mol. The van der Waals surface area contributed by atoms with Crippen molar-refractivity contribution in [1.82, 2.24) is 15.3 Å². The van der Waals surface area contributed by atoms with Crippen molar-refractivity contribution < 1.29 is 4.85 Å². The van der Waals surface area contributed by atoms with Crippen LogP contribution in [-0.4, -0.2) is 15.3 Å². The van der Waals surface area contributed by atoms with Gasteiger partial charge in [-0.25, -0.2) is 0 Å². The zero-order valence-electron chi connectivity index (χ0n) is 4.98. The van der Waals surface area contributed by atoms with Crippen molar-refractivity contribution in [2.24, 2.45) is 0 Å². The fraction of sp³-hybridized carbons (Fsp3) is 0. The lowest BCUT2D eigenvalue weighted by Gasteiger charge is -1.89. The van der Waals surface area contributed by atoms with Gasteiger partial charge in [-0.1, -0.05) is 0 Å². The van der Waals surface area contributed by atoms with Crippen LogP contribution in [0.2, 0.25) is 0 Å². The van der Waals surface area contributed by atoms with E-state index in [9.17, 15) is 5.21 Å². The fourth-order valence-corrected chi connectivity index (χ4v) is 0.783. The third-order valence-corrected chi connectivity index (χ3v) is 1.23. The number of fused-ring (bicyclic) bond motifs is 1. The van der Waals surface area contributed by atoms with E-state index in [4.69, 9.17) is 0 Å². The van der Waals surface area contributed by atoms with Crippen LogP contribution in [0.5, 0.6) is 0 Å². The Balaban J connectivity index is 2.93. The minimum absolute atomic E-state index is 0.322. The summed E-state index contributed by atoms with van der Waals surface area (Å²) < 4.78 is 0. The summed E-state index contributed by atoms with van der Waals surface area (Å²) in [4.78, 5) is 4.25. The molecule has 1 N–H and O–H groups in total. The number of nitrogens with one attached hydrogen (secondary N) is 1. The second-order valence-corrected chi connectivity index (χ2v) is 1.86. The van der Waals surface area contributed by atoms with Crippen molar-refractivity contribution in [3.05, 3.63) is 23.5 Å². The van der Waals surface area contributed by atoms with E-state index >= 15 is 0 Å². The Morgan fingerprint density at radius 1 is 1.60 bits per heavy atom. The first-order chi connectivity index (χ1) is 4.88. The monoisotopic (exact) mass is 136 g/mol. The average Bonchev–Trinajstić information content (AvgIpc) is 2.34. The van der Waals surface area contributed by atoms with Gasteiger partial charge in [0.1, 0.15) is 6.20 Å². The zero-order valence-corrected chi connectivity index (χ0v) is 4.98. The largest absolute Gasteiger partial charge is 0.721 e. The summed E-state index contributed by atoms with van der Waals surface area (Å²) in [5, 5.41) is 16.6. The number of aromatic nitrogens is 4. The van der Waals surface area contributed by atoms with Crippen molar-refractivity contribution >= 4 is 11.2 Å². The smallest absolute Gasteiger partial charge is 0.323 e. The Labute approximate surface area is 55.9 Å². The lowest BCUT2D eigenvalue weighted by atomic mass is 10.4. The number of aromatic amines is 1. The van der Waals surface area contributed by atoms with Gasteiger partial charge in [-0.2, -0.15) is 5.10 Å². The highest BCUT2D eigenvalue weighted by Crippen LogP contribution is 1.98. The molecule has 50 valence electrons. The van der Waals surface area contributed by atoms with E-state index in [0.717, 1.165) is 0 Å². The van der Waals surface area contributed by atoms with E-state index in [-0.39, 0.29) is 0 Å². The van der Waals surface area contributed by atoms with Crippen LogP contribution in [0, 0.1) is 5.21 Å². The maximum Gasteiger partial charge on any atom is 0.323 e. The summed E-state index contributed by atoms with van der Waals surface area (Å²) in [7, 11) is 0. The molecule has 0 atom stereocenters. The Hall–Kier alpha value is -1.65. The second-order valence-electron chi connectivity index (χ2n) is 1.86. The molecule has 0 saturated heterocycles. The molecule has 0 fully saturated rings. The Bertz CT molecular complexity index is 355. The van der Waals surface area contributed by atoms with Gasteiger partial charge in [0, 0.05) is 5.21 Å². The normalized spacial score (nSPS) is 10.4. The van der Waals surface area contributed by atoms with Crippen LogP contribution in [-0.2, 0) is 0 Å². The van der Waals surface area contributed by atoms with E-state index < -0.39 is 0 Å². The number of rotatable bonds is 0. The van der Waals surface area contributed by atoms with E-state index in [1.54, 1.807) is 18.3 Å². The highest BCUT2D eigenvalue weighted by atomic mass is 16.5. The molecule has 0 radical (unpaired) electrons. The van der Waals surface area contributed by atoms with Crippen LogP contribution < -0.4 is 4.85 Å². The molecule has 0 unspecified atom stereocenters. The van der Waals surface area contributed by atoms with Gasteiger partial charge >= 0.3 is 5.65 Å². The Morgan fingerprint density at radius 3 is 3.30 bits per heavy atom. The third-order valence-electron chi connectivity index (χ3n) is 1.23. The van der Waals surface area contributed by atoms with Gasteiger partial charge < -0.3 is 5.21 Å². The minimum Gasteiger partial charge on any atom is -0.721 e. The molecule has 5 heteroatoms. The predicted octanol–water partition coefficient (Wildman–Crippen LogP) is -0.409. The summed E-state index contributed by atoms with van der Waals surface area (Å²) in [6.07, 6.45) is 1.55. The van der Waals surface area contributed by atoms with E-state index in [1.165, 1.54) is 0 Å². The van der Waals surface area contributed by atoms with Gasteiger partial charge in [0.15, 0.2) is 5.52 Å². The van der Waals surface area contributed by atoms with Gasteiger partial charge in [0.05, 0.1) is 0 Å². The molecule has 0 aromatic carbocycles. The van der Waals surface area contributed by atoms with Crippen LogP contribution in [0.1, 0.15) is 0 Å². The predicted molar refractivity (Wildman–Crippen MR) is 32.8 cm³/mol. The minimum atomic E-state index is 0.322. The first-order valence-corrected chi connectivity index (χ1v) is 2.77. The van der Waals surface area contributed by atoms with Gasteiger partial charge in [-0.3, -0.25) is 0 Å². The summed E-state index contributed by atoms with van der Waals surface area (Å²) in [6.45, 7) is 0. The number of hydrogen-bond donors (Lipinski definition) is 1. The van der Waals surface area contributed by atoms with Crippen LogP contribution in [0.15, 0.2) is 18.3 Å². The molecule has 2 aromatic rings. The molecule has 0 spiro atoms. The maximum atomic E-state index is 10.7. The molecule has 0 aliphatic heterocycles. The number of pyridine rings is 1. The van der Waals surface area contributed by atoms with Crippen LogP contribution in [0.4, 0.5) is 0 Å². The van der Waals surface area contributed by atoms with Crippen molar-refractivity contribution in [3.63, 3.8) is 0 Å². The zero-order chi connectivity index (χ0) is 6.97. The topological polar surface area (TPSA) is 68.5 Å². The summed E-state index contributed by atoms with van der Waals surface area (Å²) >= 11 is 0. The van der Waals surface area contributed by atoms with Crippen LogP contribution in [0.25, 0.3) is 11.2 Å². The second kappa shape index (κ2) is 1.66. The third kappa shape index (κ3) is 0.540. The summed E-state index contributed by atoms with van der Waals surface area (Å²) in [6, 6.07) is 3.48. The standard InChI is InChI=1S/C5H4N4O/c10-9-5-4(7-8-9)2-1-3-6-5/h1-3,7H. The highest BCUT2D eigenvalue weighted by Gasteiger charge is 2.03. The molecular formula is C5H4N4O. The van der Waals surface area contributed by atoms with Gasteiger partial charge in [-0.05, 0) is 12.1 Å². The SMILES string of the molecule is [O-][n+]1n[nH]c2cccnc21. The average molecular weight is 136 g/mol.